The van der Waals surface area contributed by atoms with E-state index in [1.807, 2.05) is 30.3 Å². The van der Waals surface area contributed by atoms with E-state index in [0.717, 1.165) is 25.0 Å². The van der Waals surface area contributed by atoms with E-state index in [4.69, 9.17) is 4.74 Å². The number of hydrogen-bond acceptors (Lipinski definition) is 2. The molecule has 1 N–H and O–H groups in total. The van der Waals surface area contributed by atoms with Gasteiger partial charge in [-0.25, -0.2) is 0 Å². The predicted octanol–water partition coefficient (Wildman–Crippen LogP) is 4.28. The summed E-state index contributed by atoms with van der Waals surface area (Å²) in [5, 5.41) is 10.1. The van der Waals surface area contributed by atoms with Gasteiger partial charge in [0, 0.05) is 0 Å². The first kappa shape index (κ1) is 14.2. The minimum Gasteiger partial charge on any atom is -0.488 e. The summed E-state index contributed by atoms with van der Waals surface area (Å²) >= 11 is 0. The van der Waals surface area contributed by atoms with Gasteiger partial charge in [-0.2, -0.15) is 0 Å². The lowest BCUT2D eigenvalue weighted by Gasteiger charge is -2.31. The Bertz CT molecular complexity index is 562. The Morgan fingerprint density at radius 2 is 1.57 bits per heavy atom. The third kappa shape index (κ3) is 3.45. The smallest absolute Gasteiger partial charge is 0.125 e. The third-order valence-electron chi connectivity index (χ3n) is 4.27. The van der Waals surface area contributed by atoms with Crippen LogP contribution in [-0.4, -0.2) is 17.3 Å². The van der Waals surface area contributed by atoms with Crippen molar-refractivity contribution in [3.8, 4) is 16.9 Å². The van der Waals surface area contributed by atoms with E-state index >= 15 is 0 Å². The fraction of sp³-hybridized carbons (Fsp3) is 0.368. The summed E-state index contributed by atoms with van der Waals surface area (Å²) in [5.74, 6) is 1.47. The maximum absolute atomic E-state index is 10.1. The number of rotatable bonds is 3. The summed E-state index contributed by atoms with van der Waals surface area (Å²) in [5.41, 5.74) is 2.39. The second kappa shape index (κ2) is 6.31. The highest BCUT2D eigenvalue weighted by molar-refractivity contribution is 5.63. The van der Waals surface area contributed by atoms with Crippen LogP contribution in [0.2, 0.25) is 0 Å². The van der Waals surface area contributed by atoms with Gasteiger partial charge in [0.05, 0.1) is 6.10 Å². The van der Waals surface area contributed by atoms with Crippen molar-refractivity contribution in [2.45, 2.75) is 38.4 Å². The van der Waals surface area contributed by atoms with Crippen molar-refractivity contribution in [1.82, 2.24) is 0 Å². The Hall–Kier alpha value is -1.80. The van der Waals surface area contributed by atoms with Gasteiger partial charge in [0.2, 0.25) is 0 Å². The fourth-order valence-electron chi connectivity index (χ4n) is 2.97. The van der Waals surface area contributed by atoms with E-state index in [1.165, 1.54) is 11.1 Å². The molecule has 0 spiro atoms. The molecule has 2 aromatic rings. The zero-order valence-electron chi connectivity index (χ0n) is 12.4. The van der Waals surface area contributed by atoms with Crippen LogP contribution in [0.4, 0.5) is 0 Å². The van der Waals surface area contributed by atoms with Crippen LogP contribution in [0, 0.1) is 5.92 Å². The maximum Gasteiger partial charge on any atom is 0.125 e. The lowest BCUT2D eigenvalue weighted by molar-refractivity contribution is -0.00757. The van der Waals surface area contributed by atoms with Gasteiger partial charge in [0.25, 0.3) is 0 Å². The monoisotopic (exact) mass is 282 g/mol. The minimum absolute atomic E-state index is 0.0728. The van der Waals surface area contributed by atoms with Crippen LogP contribution in [0.25, 0.3) is 11.1 Å². The van der Waals surface area contributed by atoms with Crippen LogP contribution in [0.15, 0.2) is 54.6 Å². The molecular weight excluding hydrogens is 260 g/mol. The van der Waals surface area contributed by atoms with E-state index in [-0.39, 0.29) is 12.2 Å². The predicted molar refractivity (Wildman–Crippen MR) is 85.3 cm³/mol. The summed E-state index contributed by atoms with van der Waals surface area (Å²) in [4.78, 5) is 0. The van der Waals surface area contributed by atoms with Crippen molar-refractivity contribution < 1.29 is 9.84 Å². The van der Waals surface area contributed by atoms with Crippen molar-refractivity contribution >= 4 is 0 Å². The first-order valence-corrected chi connectivity index (χ1v) is 7.72. The van der Waals surface area contributed by atoms with Crippen molar-refractivity contribution in [1.29, 1.82) is 0 Å². The molecule has 0 amide bonds. The average Bonchev–Trinajstić information content (AvgIpc) is 2.53. The van der Waals surface area contributed by atoms with E-state index < -0.39 is 0 Å². The van der Waals surface area contributed by atoms with E-state index in [1.54, 1.807) is 0 Å². The van der Waals surface area contributed by atoms with Crippen LogP contribution in [0.1, 0.15) is 26.2 Å². The Balaban J connectivity index is 1.70. The van der Waals surface area contributed by atoms with Crippen molar-refractivity contribution in [2.75, 3.05) is 0 Å². The quantitative estimate of drug-likeness (QED) is 0.910. The van der Waals surface area contributed by atoms with Gasteiger partial charge in [-0.15, -0.1) is 0 Å². The fourth-order valence-corrected chi connectivity index (χ4v) is 2.97. The Kier molecular flexibility index (Phi) is 4.26. The minimum atomic E-state index is -0.338. The third-order valence-corrected chi connectivity index (χ3v) is 4.27. The van der Waals surface area contributed by atoms with Gasteiger partial charge in [0.15, 0.2) is 0 Å². The summed E-state index contributed by atoms with van der Waals surface area (Å²) in [6.07, 6.45) is 2.45. The summed E-state index contributed by atoms with van der Waals surface area (Å²) in [6.45, 7) is 2.22. The maximum atomic E-state index is 10.1. The summed E-state index contributed by atoms with van der Waals surface area (Å²) in [6, 6.07) is 18.4. The molecule has 1 aliphatic rings. The van der Waals surface area contributed by atoms with E-state index in [9.17, 15) is 5.11 Å². The Labute approximate surface area is 126 Å². The van der Waals surface area contributed by atoms with Crippen LogP contribution < -0.4 is 4.74 Å². The molecule has 3 rings (SSSR count). The number of aliphatic hydroxyl groups is 1. The number of hydrogen-bond donors (Lipinski definition) is 1. The lowest BCUT2D eigenvalue weighted by Crippen LogP contribution is -2.37. The van der Waals surface area contributed by atoms with Gasteiger partial charge in [0.1, 0.15) is 11.9 Å². The Morgan fingerprint density at radius 1 is 0.905 bits per heavy atom. The molecule has 2 heteroatoms. The average molecular weight is 282 g/mol. The van der Waals surface area contributed by atoms with Gasteiger partial charge in [-0.05, 0) is 48.4 Å². The van der Waals surface area contributed by atoms with Crippen LogP contribution in [0.3, 0.4) is 0 Å². The van der Waals surface area contributed by atoms with Gasteiger partial charge in [-0.3, -0.25) is 0 Å². The number of aliphatic hydroxyl groups excluding tert-OH is 1. The van der Waals surface area contributed by atoms with Crippen molar-refractivity contribution in [3.63, 3.8) is 0 Å². The van der Waals surface area contributed by atoms with Gasteiger partial charge in [-0.1, -0.05) is 49.4 Å². The van der Waals surface area contributed by atoms with Crippen molar-refractivity contribution in [2.24, 2.45) is 5.92 Å². The van der Waals surface area contributed by atoms with Crippen molar-refractivity contribution in [3.05, 3.63) is 54.6 Å². The molecule has 0 aromatic heterocycles. The molecule has 1 fully saturated rings. The zero-order valence-corrected chi connectivity index (χ0v) is 12.4. The highest BCUT2D eigenvalue weighted by atomic mass is 16.5. The molecule has 1 aliphatic carbocycles. The van der Waals surface area contributed by atoms with Crippen LogP contribution in [-0.2, 0) is 0 Å². The lowest BCUT2D eigenvalue weighted by atomic mass is 9.86. The highest BCUT2D eigenvalue weighted by Gasteiger charge is 2.28. The second-order valence-corrected chi connectivity index (χ2v) is 6.03. The molecule has 0 saturated heterocycles. The standard InChI is InChI=1S/C19H22O2/c1-14-7-12-18(20)19(13-14)21-17-10-8-16(9-11-17)15-5-3-2-4-6-15/h2-6,8-11,14,18-20H,7,12-13H2,1H3. The number of benzene rings is 2. The molecule has 2 aromatic carbocycles. The normalized spacial score (nSPS) is 25.5. The van der Waals surface area contributed by atoms with Crippen LogP contribution >= 0.6 is 0 Å². The largest absolute Gasteiger partial charge is 0.488 e. The summed E-state index contributed by atoms with van der Waals surface area (Å²) < 4.78 is 5.98. The molecule has 1 saturated carbocycles. The molecule has 0 bridgehead atoms. The van der Waals surface area contributed by atoms with Gasteiger partial charge < -0.3 is 9.84 Å². The first-order valence-electron chi connectivity index (χ1n) is 7.72. The van der Waals surface area contributed by atoms with E-state index in [0.29, 0.717) is 5.92 Å². The van der Waals surface area contributed by atoms with E-state index in [2.05, 4.69) is 31.2 Å². The second-order valence-electron chi connectivity index (χ2n) is 6.03. The first-order chi connectivity index (χ1) is 10.2. The molecule has 0 heterocycles. The molecular formula is C19H22O2. The molecule has 21 heavy (non-hydrogen) atoms. The molecule has 110 valence electrons. The molecule has 0 radical (unpaired) electrons. The van der Waals surface area contributed by atoms with Crippen LogP contribution in [0.5, 0.6) is 5.75 Å². The highest BCUT2D eigenvalue weighted by Crippen LogP contribution is 2.29. The zero-order chi connectivity index (χ0) is 14.7. The number of ether oxygens (including phenoxy) is 1. The molecule has 3 atom stereocenters. The molecule has 0 aliphatic heterocycles. The SMILES string of the molecule is CC1CCC(O)C(Oc2ccc(-c3ccccc3)cc2)C1. The topological polar surface area (TPSA) is 29.5 Å². The Morgan fingerprint density at radius 3 is 2.29 bits per heavy atom. The summed E-state index contributed by atoms with van der Waals surface area (Å²) in [7, 11) is 0. The molecule has 2 nitrogen and oxygen atoms in total. The molecule has 3 unspecified atom stereocenters. The van der Waals surface area contributed by atoms with Gasteiger partial charge >= 0.3 is 0 Å².